The van der Waals surface area contributed by atoms with Crippen molar-refractivity contribution >= 4 is 0 Å². The van der Waals surface area contributed by atoms with Crippen LogP contribution >= 0.6 is 0 Å². The lowest BCUT2D eigenvalue weighted by Crippen LogP contribution is -2.23. The van der Waals surface area contributed by atoms with Crippen LogP contribution in [0.5, 0.6) is 0 Å². The molecule has 3 atom stereocenters. The van der Waals surface area contributed by atoms with E-state index in [1.807, 2.05) is 0 Å². The van der Waals surface area contributed by atoms with Crippen LogP contribution in [0.15, 0.2) is 60.7 Å². The third-order valence-corrected chi connectivity index (χ3v) is 7.92. The van der Waals surface area contributed by atoms with E-state index in [9.17, 15) is 10.2 Å². The minimum absolute atomic E-state index is 0.0430. The molecule has 2 aromatic rings. The lowest BCUT2D eigenvalue weighted by molar-refractivity contribution is 0.146. The fourth-order valence-electron chi connectivity index (χ4n) is 5.15. The van der Waals surface area contributed by atoms with Crippen molar-refractivity contribution < 1.29 is 10.2 Å². The van der Waals surface area contributed by atoms with Gasteiger partial charge in [-0.05, 0) is 60.5 Å². The molecule has 3 unspecified atom stereocenters. The SMILES string of the molecule is CCC(C)(CCCCCC(O)CCCCCC(C)(CCO)c1ccccc1)c1ccccc1. The molecule has 184 valence electrons. The van der Waals surface area contributed by atoms with Gasteiger partial charge in [0, 0.05) is 6.61 Å². The number of aliphatic hydroxyl groups excluding tert-OH is 2. The number of rotatable bonds is 17. The smallest absolute Gasteiger partial charge is 0.0540 e. The maximum Gasteiger partial charge on any atom is 0.0540 e. The highest BCUT2D eigenvalue weighted by molar-refractivity contribution is 5.25. The van der Waals surface area contributed by atoms with Gasteiger partial charge in [-0.25, -0.2) is 0 Å². The fraction of sp³-hybridized carbons (Fsp3) is 0.613. The molecule has 2 heteroatoms. The minimum atomic E-state index is -0.158. The zero-order valence-corrected chi connectivity index (χ0v) is 21.4. The summed E-state index contributed by atoms with van der Waals surface area (Å²) in [4.78, 5) is 0. The van der Waals surface area contributed by atoms with Crippen molar-refractivity contribution in [2.45, 2.75) is 115 Å². The first kappa shape index (κ1) is 27.6. The van der Waals surface area contributed by atoms with Gasteiger partial charge in [-0.3, -0.25) is 0 Å². The van der Waals surface area contributed by atoms with Gasteiger partial charge in [-0.15, -0.1) is 0 Å². The van der Waals surface area contributed by atoms with Crippen LogP contribution in [0.1, 0.15) is 109 Å². The molecule has 0 heterocycles. The Labute approximate surface area is 203 Å². The van der Waals surface area contributed by atoms with E-state index < -0.39 is 0 Å². The summed E-state index contributed by atoms with van der Waals surface area (Å²) in [5.41, 5.74) is 3.09. The van der Waals surface area contributed by atoms with Gasteiger partial charge in [0.2, 0.25) is 0 Å². The van der Waals surface area contributed by atoms with Crippen LogP contribution in [0, 0.1) is 0 Å². The molecule has 33 heavy (non-hydrogen) atoms. The third kappa shape index (κ3) is 9.26. The first-order chi connectivity index (χ1) is 15.9. The van der Waals surface area contributed by atoms with Gasteiger partial charge < -0.3 is 10.2 Å². The molecular weight excluding hydrogens is 404 g/mol. The lowest BCUT2D eigenvalue weighted by Gasteiger charge is -2.30. The molecule has 0 spiro atoms. The van der Waals surface area contributed by atoms with Crippen LogP contribution in [0.4, 0.5) is 0 Å². The second-order valence-electron chi connectivity index (χ2n) is 10.5. The van der Waals surface area contributed by atoms with Gasteiger partial charge in [0.05, 0.1) is 6.10 Å². The molecular formula is C31H48O2. The van der Waals surface area contributed by atoms with Crippen LogP contribution in [0.3, 0.4) is 0 Å². The summed E-state index contributed by atoms with van der Waals surface area (Å²) < 4.78 is 0. The number of unbranched alkanes of at least 4 members (excludes halogenated alkanes) is 4. The minimum Gasteiger partial charge on any atom is -0.396 e. The Morgan fingerprint density at radius 3 is 1.55 bits per heavy atom. The maximum atomic E-state index is 10.4. The molecule has 0 saturated heterocycles. The van der Waals surface area contributed by atoms with Crippen molar-refractivity contribution in [2.75, 3.05) is 6.61 Å². The molecule has 0 fully saturated rings. The molecule has 2 N–H and O–H groups in total. The number of hydrogen-bond donors (Lipinski definition) is 2. The summed E-state index contributed by atoms with van der Waals surface area (Å²) in [5, 5.41) is 20.0. The van der Waals surface area contributed by atoms with Gasteiger partial charge in [-0.1, -0.05) is 120 Å². The maximum absolute atomic E-state index is 10.4. The monoisotopic (exact) mass is 452 g/mol. The summed E-state index contributed by atoms with van der Waals surface area (Å²) in [6.45, 7) is 7.19. The summed E-state index contributed by atoms with van der Waals surface area (Å²) in [6, 6.07) is 21.5. The van der Waals surface area contributed by atoms with E-state index in [1.165, 1.54) is 36.8 Å². The summed E-state index contributed by atoms with van der Waals surface area (Å²) in [6.07, 6.45) is 12.9. The summed E-state index contributed by atoms with van der Waals surface area (Å²) in [5.74, 6) is 0. The molecule has 0 saturated carbocycles. The molecule has 0 radical (unpaired) electrons. The Morgan fingerprint density at radius 1 is 0.636 bits per heavy atom. The van der Waals surface area contributed by atoms with Crippen LogP contribution in [-0.4, -0.2) is 22.9 Å². The standard InChI is InChI=1S/C31H48O2/c1-4-30(2,27-17-9-5-10-18-27)23-15-7-13-21-29(33)22-14-8-16-24-31(3,25-26-32)28-19-11-6-12-20-28/h5-6,9-12,17-20,29,32-33H,4,7-8,13-16,21-26H2,1-3H3. The van der Waals surface area contributed by atoms with Crippen molar-refractivity contribution in [1.82, 2.24) is 0 Å². The Balaban J connectivity index is 1.59. The number of benzene rings is 2. The van der Waals surface area contributed by atoms with Crippen LogP contribution in [0.2, 0.25) is 0 Å². The van der Waals surface area contributed by atoms with Gasteiger partial charge >= 0.3 is 0 Å². The second-order valence-corrected chi connectivity index (χ2v) is 10.5. The van der Waals surface area contributed by atoms with Gasteiger partial charge in [-0.2, -0.15) is 0 Å². The van der Waals surface area contributed by atoms with Crippen molar-refractivity contribution in [2.24, 2.45) is 0 Å². The Hall–Kier alpha value is -1.64. The summed E-state index contributed by atoms with van der Waals surface area (Å²) >= 11 is 0. The highest BCUT2D eigenvalue weighted by Crippen LogP contribution is 2.34. The normalized spacial score (nSPS) is 16.2. The second kappa shape index (κ2) is 14.6. The fourth-order valence-corrected chi connectivity index (χ4v) is 5.15. The molecule has 0 bridgehead atoms. The van der Waals surface area contributed by atoms with Crippen molar-refractivity contribution in [3.8, 4) is 0 Å². The van der Waals surface area contributed by atoms with E-state index in [1.54, 1.807) is 0 Å². The zero-order chi connectivity index (χ0) is 24.0. The molecule has 0 amide bonds. The Bertz CT molecular complexity index is 744. The molecule has 0 aliphatic heterocycles. The molecule has 2 rings (SSSR count). The van der Waals surface area contributed by atoms with E-state index in [2.05, 4.69) is 81.4 Å². The molecule has 0 aromatic heterocycles. The van der Waals surface area contributed by atoms with Crippen molar-refractivity contribution in [3.63, 3.8) is 0 Å². The number of aliphatic hydroxyl groups is 2. The quantitative estimate of drug-likeness (QED) is 0.239. The highest BCUT2D eigenvalue weighted by Gasteiger charge is 2.25. The average molecular weight is 453 g/mol. The molecule has 0 aliphatic carbocycles. The zero-order valence-electron chi connectivity index (χ0n) is 21.4. The predicted molar refractivity (Wildman–Crippen MR) is 142 cm³/mol. The van der Waals surface area contributed by atoms with Crippen molar-refractivity contribution in [1.29, 1.82) is 0 Å². The van der Waals surface area contributed by atoms with Gasteiger partial charge in [0.15, 0.2) is 0 Å². The third-order valence-electron chi connectivity index (χ3n) is 7.92. The van der Waals surface area contributed by atoms with E-state index in [0.717, 1.165) is 51.4 Å². The van der Waals surface area contributed by atoms with Crippen LogP contribution in [-0.2, 0) is 10.8 Å². The first-order valence-electron chi connectivity index (χ1n) is 13.3. The van der Waals surface area contributed by atoms with E-state index >= 15 is 0 Å². The molecule has 2 nitrogen and oxygen atoms in total. The molecule has 0 aliphatic rings. The van der Waals surface area contributed by atoms with Crippen LogP contribution < -0.4 is 0 Å². The van der Waals surface area contributed by atoms with Crippen LogP contribution in [0.25, 0.3) is 0 Å². The Morgan fingerprint density at radius 2 is 1.09 bits per heavy atom. The lowest BCUT2D eigenvalue weighted by atomic mass is 9.75. The first-order valence-corrected chi connectivity index (χ1v) is 13.3. The number of hydrogen-bond acceptors (Lipinski definition) is 2. The van der Waals surface area contributed by atoms with E-state index in [0.29, 0.717) is 0 Å². The molecule has 2 aromatic carbocycles. The topological polar surface area (TPSA) is 40.5 Å². The van der Waals surface area contributed by atoms with Gasteiger partial charge in [0.25, 0.3) is 0 Å². The van der Waals surface area contributed by atoms with Crippen molar-refractivity contribution in [3.05, 3.63) is 71.8 Å². The largest absolute Gasteiger partial charge is 0.396 e. The Kier molecular flexibility index (Phi) is 12.2. The predicted octanol–water partition coefficient (Wildman–Crippen LogP) is 7.96. The highest BCUT2D eigenvalue weighted by atomic mass is 16.3. The van der Waals surface area contributed by atoms with E-state index in [-0.39, 0.29) is 23.5 Å². The summed E-state index contributed by atoms with van der Waals surface area (Å²) in [7, 11) is 0. The van der Waals surface area contributed by atoms with E-state index in [4.69, 9.17) is 0 Å². The average Bonchev–Trinajstić information content (AvgIpc) is 2.84. The van der Waals surface area contributed by atoms with Gasteiger partial charge in [0.1, 0.15) is 0 Å².